The highest BCUT2D eigenvalue weighted by Gasteiger charge is 2.15. The average molecular weight is 549 g/mol. The fraction of sp³-hybridized carbons (Fsp3) is 0. The van der Waals surface area contributed by atoms with E-state index in [0.29, 0.717) is 0 Å². The van der Waals surface area contributed by atoms with Crippen LogP contribution in [0.4, 0.5) is 0 Å². The first-order valence-corrected chi connectivity index (χ1v) is 14.5. The zero-order chi connectivity index (χ0) is 28.6. The average Bonchev–Trinajstić information content (AvgIpc) is 3.07. The minimum atomic E-state index is 0.746. The number of hydrogen-bond acceptors (Lipinski definition) is 2. The molecule has 0 spiro atoms. The van der Waals surface area contributed by atoms with Crippen molar-refractivity contribution in [2.75, 3.05) is 0 Å². The predicted molar refractivity (Wildman–Crippen MR) is 181 cm³/mol. The molecule has 0 aliphatic rings. The van der Waals surface area contributed by atoms with Crippen molar-refractivity contribution in [3.8, 4) is 33.8 Å². The van der Waals surface area contributed by atoms with Crippen LogP contribution >= 0.6 is 0 Å². The standard InChI is InChI=1S/C40H26BO2/c1-3-11-27(12-4-1)33-19-21-39(37-25-31-17-9-7-15-29(31)23-35(33)37)42-41-43-40-22-20-34(28-13-5-2-6-14-28)36-24-30-16-8-10-18-32(30)26-38(36)40/h1-26H. The first kappa shape index (κ1) is 25.2. The highest BCUT2D eigenvalue weighted by atomic mass is 16.6. The largest absolute Gasteiger partial charge is 0.658 e. The van der Waals surface area contributed by atoms with Gasteiger partial charge in [0.15, 0.2) is 0 Å². The summed E-state index contributed by atoms with van der Waals surface area (Å²) in [7, 11) is 1.46. The molecule has 0 bridgehead atoms. The van der Waals surface area contributed by atoms with E-state index in [9.17, 15) is 0 Å². The minimum absolute atomic E-state index is 0.746. The summed E-state index contributed by atoms with van der Waals surface area (Å²) in [5.74, 6) is 1.49. The van der Waals surface area contributed by atoms with Crippen LogP contribution in [0.1, 0.15) is 0 Å². The van der Waals surface area contributed by atoms with E-state index in [1.807, 2.05) is 24.3 Å². The molecule has 0 aliphatic carbocycles. The molecule has 0 amide bonds. The molecule has 0 aromatic heterocycles. The summed E-state index contributed by atoms with van der Waals surface area (Å²) >= 11 is 0. The molecule has 8 rings (SSSR count). The predicted octanol–water partition coefficient (Wildman–Crippen LogP) is 10.6. The quantitative estimate of drug-likeness (QED) is 0.152. The van der Waals surface area contributed by atoms with Gasteiger partial charge in [0.05, 0.1) is 0 Å². The van der Waals surface area contributed by atoms with Gasteiger partial charge in [-0.25, -0.2) is 0 Å². The molecular formula is C40H26BO2. The molecule has 43 heavy (non-hydrogen) atoms. The van der Waals surface area contributed by atoms with Crippen LogP contribution in [0.2, 0.25) is 0 Å². The summed E-state index contributed by atoms with van der Waals surface area (Å²) in [5.41, 5.74) is 4.69. The molecule has 0 saturated carbocycles. The van der Waals surface area contributed by atoms with Gasteiger partial charge in [0.2, 0.25) is 0 Å². The van der Waals surface area contributed by atoms with Crippen molar-refractivity contribution in [2.24, 2.45) is 0 Å². The summed E-state index contributed by atoms with van der Waals surface area (Å²) in [5, 5.41) is 9.08. The summed E-state index contributed by atoms with van der Waals surface area (Å²) in [6, 6.07) is 55.1. The van der Waals surface area contributed by atoms with Crippen molar-refractivity contribution in [3.05, 3.63) is 158 Å². The zero-order valence-corrected chi connectivity index (χ0v) is 23.4. The Kier molecular flexibility index (Phi) is 6.27. The van der Waals surface area contributed by atoms with E-state index < -0.39 is 0 Å². The Morgan fingerprint density at radius 2 is 0.674 bits per heavy atom. The van der Waals surface area contributed by atoms with E-state index in [1.165, 1.54) is 51.5 Å². The lowest BCUT2D eigenvalue weighted by Crippen LogP contribution is -2.11. The van der Waals surface area contributed by atoms with Gasteiger partial charge >= 0.3 is 7.69 Å². The second-order valence-corrected chi connectivity index (χ2v) is 10.8. The van der Waals surface area contributed by atoms with E-state index in [-0.39, 0.29) is 0 Å². The van der Waals surface area contributed by atoms with Crippen LogP contribution in [0.3, 0.4) is 0 Å². The monoisotopic (exact) mass is 549 g/mol. The lowest BCUT2D eigenvalue weighted by Gasteiger charge is -2.16. The smallest absolute Gasteiger partial charge is 0.526 e. The highest BCUT2D eigenvalue weighted by Crippen LogP contribution is 2.39. The Morgan fingerprint density at radius 3 is 1.07 bits per heavy atom. The van der Waals surface area contributed by atoms with Gasteiger partial charge in [0.1, 0.15) is 11.5 Å². The number of fused-ring (bicyclic) bond motifs is 4. The van der Waals surface area contributed by atoms with Crippen molar-refractivity contribution in [3.63, 3.8) is 0 Å². The maximum Gasteiger partial charge on any atom is 0.658 e. The third kappa shape index (κ3) is 4.65. The molecule has 0 saturated heterocycles. The van der Waals surface area contributed by atoms with Crippen molar-refractivity contribution in [1.82, 2.24) is 0 Å². The summed E-state index contributed by atoms with van der Waals surface area (Å²) in [4.78, 5) is 0. The molecule has 8 aromatic rings. The fourth-order valence-electron chi connectivity index (χ4n) is 6.08. The minimum Gasteiger partial charge on any atom is -0.526 e. The van der Waals surface area contributed by atoms with Crippen LogP contribution in [-0.2, 0) is 0 Å². The van der Waals surface area contributed by atoms with Crippen molar-refractivity contribution in [1.29, 1.82) is 0 Å². The van der Waals surface area contributed by atoms with Gasteiger partial charge in [0, 0.05) is 10.8 Å². The van der Waals surface area contributed by atoms with Crippen LogP contribution in [0, 0.1) is 0 Å². The highest BCUT2D eigenvalue weighted by molar-refractivity contribution is 6.23. The molecule has 0 fully saturated rings. The molecule has 1 radical (unpaired) electrons. The summed E-state index contributed by atoms with van der Waals surface area (Å²) in [6.45, 7) is 0. The van der Waals surface area contributed by atoms with E-state index in [1.54, 1.807) is 0 Å². The Balaban J connectivity index is 1.18. The van der Waals surface area contributed by atoms with E-state index in [2.05, 4.69) is 133 Å². The topological polar surface area (TPSA) is 18.5 Å². The van der Waals surface area contributed by atoms with Crippen molar-refractivity contribution in [2.45, 2.75) is 0 Å². The van der Waals surface area contributed by atoms with Crippen LogP contribution in [0.15, 0.2) is 158 Å². The summed E-state index contributed by atoms with van der Waals surface area (Å²) in [6.07, 6.45) is 0. The second kappa shape index (κ2) is 10.7. The third-order valence-corrected chi connectivity index (χ3v) is 8.21. The molecule has 0 N–H and O–H groups in total. The maximum absolute atomic E-state index is 6.27. The Morgan fingerprint density at radius 1 is 0.326 bits per heavy atom. The van der Waals surface area contributed by atoms with Gasteiger partial charge in [-0.05, 0) is 91.0 Å². The molecule has 2 nitrogen and oxygen atoms in total. The number of hydrogen-bond donors (Lipinski definition) is 0. The van der Waals surface area contributed by atoms with Gasteiger partial charge in [-0.3, -0.25) is 0 Å². The number of rotatable bonds is 6. The lowest BCUT2D eigenvalue weighted by atomic mass is 9.94. The SMILES string of the molecule is [B](Oc1ccc(-c2ccccc2)c2cc3ccccc3cc12)Oc1ccc(-c2ccccc2)c2cc3ccccc3cc12. The fourth-order valence-corrected chi connectivity index (χ4v) is 6.08. The van der Waals surface area contributed by atoms with E-state index in [0.717, 1.165) is 33.0 Å². The van der Waals surface area contributed by atoms with Crippen molar-refractivity contribution >= 4 is 50.8 Å². The van der Waals surface area contributed by atoms with Gasteiger partial charge in [0.25, 0.3) is 0 Å². The molecule has 0 unspecified atom stereocenters. The van der Waals surface area contributed by atoms with Crippen LogP contribution < -0.4 is 9.31 Å². The van der Waals surface area contributed by atoms with Gasteiger partial charge in [-0.15, -0.1) is 0 Å². The number of benzene rings is 8. The normalized spacial score (nSPS) is 11.3. The Labute approximate surface area is 251 Å². The molecular weight excluding hydrogens is 523 g/mol. The molecule has 0 aliphatic heterocycles. The van der Waals surface area contributed by atoms with Gasteiger partial charge in [-0.1, -0.05) is 121 Å². The first-order chi connectivity index (χ1) is 21.3. The third-order valence-electron chi connectivity index (χ3n) is 8.21. The van der Waals surface area contributed by atoms with Crippen LogP contribution in [0.5, 0.6) is 11.5 Å². The van der Waals surface area contributed by atoms with Crippen molar-refractivity contribution < 1.29 is 9.31 Å². The Bertz CT molecular complexity index is 2100. The maximum atomic E-state index is 6.27. The molecule has 0 atom stereocenters. The Hall–Kier alpha value is -5.54. The first-order valence-electron chi connectivity index (χ1n) is 14.5. The van der Waals surface area contributed by atoms with E-state index >= 15 is 0 Å². The van der Waals surface area contributed by atoms with Crippen LogP contribution in [-0.4, -0.2) is 7.69 Å². The molecule has 0 heterocycles. The van der Waals surface area contributed by atoms with E-state index in [4.69, 9.17) is 9.31 Å². The molecule has 3 heteroatoms. The molecule has 201 valence electrons. The van der Waals surface area contributed by atoms with Crippen LogP contribution in [0.25, 0.3) is 65.3 Å². The second-order valence-electron chi connectivity index (χ2n) is 10.8. The molecule has 8 aromatic carbocycles. The van der Waals surface area contributed by atoms with Gasteiger partial charge in [-0.2, -0.15) is 0 Å². The lowest BCUT2D eigenvalue weighted by molar-refractivity contribution is 0.465. The van der Waals surface area contributed by atoms with Gasteiger partial charge < -0.3 is 9.31 Å². The summed E-state index contributed by atoms with van der Waals surface area (Å²) < 4.78 is 12.5. The zero-order valence-electron chi connectivity index (χ0n) is 23.4.